The maximum Gasteiger partial charge on any atom is 0.211 e. The van der Waals surface area contributed by atoms with Crippen LogP contribution in [0.4, 0.5) is 5.69 Å². The number of rotatable bonds is 4. The van der Waals surface area contributed by atoms with E-state index in [1.54, 1.807) is 0 Å². The van der Waals surface area contributed by atoms with Gasteiger partial charge in [0, 0.05) is 27.2 Å². The van der Waals surface area contributed by atoms with Crippen LogP contribution in [-0.2, 0) is 0 Å². The average molecular weight is 611 g/mol. The van der Waals surface area contributed by atoms with Gasteiger partial charge in [0.15, 0.2) is 0 Å². The topological polar surface area (TPSA) is 38.0 Å². The van der Waals surface area contributed by atoms with Crippen molar-refractivity contribution in [2.24, 2.45) is 0 Å². The lowest BCUT2D eigenvalue weighted by atomic mass is 9.96. The van der Waals surface area contributed by atoms with Gasteiger partial charge in [-0.25, -0.2) is 4.85 Å². The molecule has 0 amide bonds. The van der Waals surface area contributed by atoms with Gasteiger partial charge in [0.05, 0.1) is 46.0 Å². The summed E-state index contributed by atoms with van der Waals surface area (Å²) < 4.78 is 4.46. The number of hydrogen-bond donors (Lipinski definition) is 0. The number of hydrogen-bond acceptors (Lipinski definition) is 1. The highest BCUT2D eigenvalue weighted by molar-refractivity contribution is 6.11. The number of para-hydroxylation sites is 5. The van der Waals surface area contributed by atoms with Crippen molar-refractivity contribution in [3.8, 4) is 39.7 Å². The van der Waals surface area contributed by atoms with Gasteiger partial charge >= 0.3 is 0 Å². The van der Waals surface area contributed by atoms with Crippen molar-refractivity contribution >= 4 is 49.3 Å². The molecule has 0 N–H and O–H groups in total. The monoisotopic (exact) mass is 610 g/mol. The van der Waals surface area contributed by atoms with Crippen molar-refractivity contribution in [1.82, 2.24) is 9.13 Å². The summed E-state index contributed by atoms with van der Waals surface area (Å²) in [5.41, 5.74) is 11.2. The van der Waals surface area contributed by atoms with Crippen LogP contribution in [0.5, 0.6) is 0 Å². The smallest absolute Gasteiger partial charge is 0.211 e. The SMILES string of the molecule is [C-]#[N+]c1cccc(-c2ccc(-c3ccc(-n4c5ccccc5c5ccccc54)cc3C#N)cc2)c1-n1c2ccccc2c2ccccc21. The Morgan fingerprint density at radius 2 is 0.958 bits per heavy atom. The summed E-state index contributed by atoms with van der Waals surface area (Å²) >= 11 is 0. The molecular formula is C44H26N4. The van der Waals surface area contributed by atoms with E-state index in [2.05, 4.69) is 147 Å². The third kappa shape index (κ3) is 4.07. The zero-order chi connectivity index (χ0) is 32.2. The molecule has 0 fully saturated rings. The van der Waals surface area contributed by atoms with Gasteiger partial charge in [0.2, 0.25) is 5.69 Å². The van der Waals surface area contributed by atoms with E-state index in [-0.39, 0.29) is 0 Å². The van der Waals surface area contributed by atoms with Crippen molar-refractivity contribution in [2.75, 3.05) is 0 Å². The quantitative estimate of drug-likeness (QED) is 0.183. The summed E-state index contributed by atoms with van der Waals surface area (Å²) in [6, 6.07) is 56.4. The Morgan fingerprint density at radius 3 is 1.46 bits per heavy atom. The molecule has 0 atom stereocenters. The second kappa shape index (κ2) is 10.9. The second-order valence-corrected chi connectivity index (χ2v) is 11.9. The van der Waals surface area contributed by atoms with Crippen LogP contribution in [0.3, 0.4) is 0 Å². The van der Waals surface area contributed by atoms with Crippen LogP contribution in [0, 0.1) is 17.9 Å². The van der Waals surface area contributed by atoms with E-state index >= 15 is 0 Å². The van der Waals surface area contributed by atoms with Gasteiger partial charge in [0.1, 0.15) is 0 Å². The van der Waals surface area contributed by atoms with Crippen LogP contribution in [-0.4, -0.2) is 9.13 Å². The lowest BCUT2D eigenvalue weighted by Crippen LogP contribution is -1.98. The molecule has 0 radical (unpaired) electrons. The molecule has 0 unspecified atom stereocenters. The summed E-state index contributed by atoms with van der Waals surface area (Å²) in [5, 5.41) is 15.0. The van der Waals surface area contributed by atoms with Gasteiger partial charge in [-0.05, 0) is 58.7 Å². The van der Waals surface area contributed by atoms with E-state index < -0.39 is 0 Å². The lowest BCUT2D eigenvalue weighted by Gasteiger charge is -2.16. The Kier molecular flexibility index (Phi) is 6.22. The molecule has 222 valence electrons. The number of fused-ring (bicyclic) bond motifs is 6. The van der Waals surface area contributed by atoms with Crippen LogP contribution < -0.4 is 0 Å². The summed E-state index contributed by atoms with van der Waals surface area (Å²) in [5.74, 6) is 0. The minimum Gasteiger partial charge on any atom is -0.318 e. The fraction of sp³-hybridized carbons (Fsp3) is 0. The van der Waals surface area contributed by atoms with Gasteiger partial charge in [-0.15, -0.1) is 0 Å². The minimum atomic E-state index is 0.593. The molecule has 9 aromatic rings. The first-order chi connectivity index (χ1) is 23.7. The van der Waals surface area contributed by atoms with E-state index in [9.17, 15) is 5.26 Å². The van der Waals surface area contributed by atoms with Crippen LogP contribution >= 0.6 is 0 Å². The largest absolute Gasteiger partial charge is 0.318 e. The average Bonchev–Trinajstić information content (AvgIpc) is 3.67. The van der Waals surface area contributed by atoms with E-state index in [4.69, 9.17) is 6.57 Å². The summed E-state index contributed by atoms with van der Waals surface area (Å²) in [6.07, 6.45) is 0. The highest BCUT2D eigenvalue weighted by Gasteiger charge is 2.19. The number of benzene rings is 7. The van der Waals surface area contributed by atoms with Gasteiger partial charge in [-0.1, -0.05) is 121 Å². The van der Waals surface area contributed by atoms with Gasteiger partial charge in [-0.3, -0.25) is 0 Å². The summed E-state index contributed by atoms with van der Waals surface area (Å²) in [7, 11) is 0. The van der Waals surface area contributed by atoms with Gasteiger partial charge in [0.25, 0.3) is 0 Å². The Labute approximate surface area is 277 Å². The molecule has 0 saturated carbocycles. The third-order valence-electron chi connectivity index (χ3n) is 9.41. The molecule has 0 spiro atoms. The maximum atomic E-state index is 10.3. The normalized spacial score (nSPS) is 11.3. The highest BCUT2D eigenvalue weighted by Crippen LogP contribution is 2.41. The fourth-order valence-corrected chi connectivity index (χ4v) is 7.30. The third-order valence-corrected chi connectivity index (χ3v) is 9.41. The molecule has 4 heteroatoms. The molecule has 48 heavy (non-hydrogen) atoms. The van der Waals surface area contributed by atoms with E-state index in [1.165, 1.54) is 10.8 Å². The first-order valence-electron chi connectivity index (χ1n) is 15.9. The van der Waals surface area contributed by atoms with E-state index in [0.717, 1.165) is 66.5 Å². The summed E-state index contributed by atoms with van der Waals surface area (Å²) in [6.45, 7) is 8.09. The Hall–Kier alpha value is -6.88. The Bertz CT molecular complexity index is 2690. The molecular weight excluding hydrogens is 585 g/mol. The first kappa shape index (κ1) is 27.4. The van der Waals surface area contributed by atoms with Crippen molar-refractivity contribution in [2.45, 2.75) is 0 Å². The minimum absolute atomic E-state index is 0.593. The number of nitriles is 1. The van der Waals surface area contributed by atoms with Crippen LogP contribution in [0.25, 0.3) is 82.1 Å². The van der Waals surface area contributed by atoms with Crippen molar-refractivity contribution in [3.63, 3.8) is 0 Å². The van der Waals surface area contributed by atoms with Gasteiger partial charge < -0.3 is 9.13 Å². The van der Waals surface area contributed by atoms with E-state index in [1.807, 2.05) is 30.3 Å². The number of nitrogens with zero attached hydrogens (tertiary/aromatic N) is 4. The highest BCUT2D eigenvalue weighted by atomic mass is 15.0. The molecule has 0 aliphatic rings. The molecule has 0 aliphatic heterocycles. The molecule has 7 aromatic carbocycles. The predicted molar refractivity (Wildman–Crippen MR) is 197 cm³/mol. The Morgan fingerprint density at radius 1 is 0.479 bits per heavy atom. The lowest BCUT2D eigenvalue weighted by molar-refractivity contribution is 1.18. The predicted octanol–water partition coefficient (Wildman–Crippen LogP) is 11.6. The zero-order valence-electron chi connectivity index (χ0n) is 25.8. The zero-order valence-corrected chi connectivity index (χ0v) is 25.8. The standard InChI is InChI=1S/C44H26N4/c1-46-39-16-10-15-34(44(39)48-42-19-8-4-13-37(42)38-14-5-9-20-43(38)48)30-23-21-29(22-24-30)33-26-25-32(27-31(33)28-45)47-40-17-6-2-11-35(40)36-12-3-7-18-41(36)47/h2-27H. The first-order valence-corrected chi connectivity index (χ1v) is 15.9. The molecule has 4 nitrogen and oxygen atoms in total. The second-order valence-electron chi connectivity index (χ2n) is 11.9. The molecule has 9 rings (SSSR count). The fourth-order valence-electron chi connectivity index (χ4n) is 7.30. The Balaban J connectivity index is 1.17. The molecule has 2 heterocycles. The molecule has 0 bridgehead atoms. The molecule has 2 aromatic heterocycles. The van der Waals surface area contributed by atoms with Crippen molar-refractivity contribution < 1.29 is 0 Å². The maximum absolute atomic E-state index is 10.3. The van der Waals surface area contributed by atoms with Crippen LogP contribution in [0.2, 0.25) is 0 Å². The van der Waals surface area contributed by atoms with Gasteiger partial charge in [-0.2, -0.15) is 5.26 Å². The van der Waals surface area contributed by atoms with E-state index in [0.29, 0.717) is 11.3 Å². The number of aromatic nitrogens is 2. The van der Waals surface area contributed by atoms with Crippen molar-refractivity contribution in [1.29, 1.82) is 5.26 Å². The van der Waals surface area contributed by atoms with Crippen LogP contribution in [0.15, 0.2) is 158 Å². The van der Waals surface area contributed by atoms with Crippen molar-refractivity contribution in [3.05, 3.63) is 175 Å². The molecule has 0 aliphatic carbocycles. The molecule has 0 saturated heterocycles. The summed E-state index contributed by atoms with van der Waals surface area (Å²) in [4.78, 5) is 3.97. The van der Waals surface area contributed by atoms with Crippen LogP contribution in [0.1, 0.15) is 5.56 Å².